The summed E-state index contributed by atoms with van der Waals surface area (Å²) in [5, 5.41) is 3.11. The highest BCUT2D eigenvalue weighted by molar-refractivity contribution is 5.79. The number of nitrogens with one attached hydrogen (secondary N) is 1. The van der Waals surface area contributed by atoms with Crippen LogP contribution in [0.15, 0.2) is 28.7 Å². The van der Waals surface area contributed by atoms with Crippen LogP contribution in [0.25, 0.3) is 11.1 Å². The van der Waals surface area contributed by atoms with Crippen molar-refractivity contribution in [1.29, 1.82) is 0 Å². The minimum absolute atomic E-state index is 0.126. The number of nitrogens with zero attached hydrogens (tertiary/aromatic N) is 4. The van der Waals surface area contributed by atoms with Crippen molar-refractivity contribution in [2.75, 3.05) is 58.3 Å². The van der Waals surface area contributed by atoms with Crippen LogP contribution in [-0.2, 0) is 4.79 Å². The third-order valence-corrected chi connectivity index (χ3v) is 6.22. The Morgan fingerprint density at radius 3 is 2.76 bits per heavy atom. The lowest BCUT2D eigenvalue weighted by molar-refractivity contribution is -0.127. The Balaban J connectivity index is 1.28. The van der Waals surface area contributed by atoms with Crippen LogP contribution in [0.1, 0.15) is 25.7 Å². The minimum Gasteiger partial charge on any atom is -0.423 e. The number of carbonyl (C=O) groups is 1. The lowest BCUT2D eigenvalue weighted by Crippen LogP contribution is -2.51. The van der Waals surface area contributed by atoms with Crippen LogP contribution in [0, 0.1) is 5.92 Å². The molecule has 0 radical (unpaired) electrons. The van der Waals surface area contributed by atoms with E-state index in [2.05, 4.69) is 25.0 Å². The molecule has 4 rings (SSSR count). The van der Waals surface area contributed by atoms with Crippen molar-refractivity contribution >= 4 is 23.0 Å². The van der Waals surface area contributed by atoms with Crippen molar-refractivity contribution in [1.82, 2.24) is 20.1 Å². The van der Waals surface area contributed by atoms with E-state index in [1.54, 1.807) is 0 Å². The molecule has 1 amide bonds. The number of piperidine rings is 2. The fourth-order valence-corrected chi connectivity index (χ4v) is 4.52. The first-order chi connectivity index (χ1) is 14.1. The summed E-state index contributed by atoms with van der Waals surface area (Å²) in [6, 6.07) is 9.22. The molecule has 0 aliphatic carbocycles. The van der Waals surface area contributed by atoms with E-state index in [4.69, 9.17) is 4.42 Å². The lowest BCUT2D eigenvalue weighted by Gasteiger charge is -2.41. The Hall–Kier alpha value is -2.12. The van der Waals surface area contributed by atoms with E-state index in [-0.39, 0.29) is 11.8 Å². The van der Waals surface area contributed by atoms with Crippen LogP contribution in [0.2, 0.25) is 0 Å². The van der Waals surface area contributed by atoms with Gasteiger partial charge in [0, 0.05) is 38.8 Å². The molecule has 158 valence electrons. The minimum atomic E-state index is 0.126. The molecule has 1 aromatic carbocycles. The average Bonchev–Trinajstić information content (AvgIpc) is 3.18. The molecule has 1 aromatic heterocycles. The van der Waals surface area contributed by atoms with Crippen molar-refractivity contribution in [3.8, 4) is 0 Å². The highest BCUT2D eigenvalue weighted by Crippen LogP contribution is 2.28. The number of amides is 1. The molecule has 2 fully saturated rings. The summed E-state index contributed by atoms with van der Waals surface area (Å²) < 4.78 is 5.94. The highest BCUT2D eigenvalue weighted by atomic mass is 16.4. The van der Waals surface area contributed by atoms with E-state index in [1.165, 1.54) is 0 Å². The number of hydrogen-bond donors (Lipinski definition) is 1. The van der Waals surface area contributed by atoms with Gasteiger partial charge in [-0.1, -0.05) is 12.1 Å². The fourth-order valence-electron chi connectivity index (χ4n) is 4.52. The summed E-state index contributed by atoms with van der Waals surface area (Å²) >= 11 is 0. The number of aromatic nitrogens is 1. The second-order valence-corrected chi connectivity index (χ2v) is 8.61. The number of likely N-dealkylation sites (tertiary alicyclic amines) is 1. The number of hydrogen-bond acceptors (Lipinski definition) is 6. The maximum atomic E-state index is 12.5. The van der Waals surface area contributed by atoms with Crippen LogP contribution in [0.4, 0.5) is 6.01 Å². The summed E-state index contributed by atoms with van der Waals surface area (Å²) in [4.78, 5) is 24.1. The SMILES string of the molecule is CN(C)CCNC(=O)[C@H]1CCCN(C2CCN(c3nc4ccccc4o3)CC2)C1. The van der Waals surface area contributed by atoms with Crippen LogP contribution >= 0.6 is 0 Å². The first-order valence-electron chi connectivity index (χ1n) is 10.9. The molecule has 1 N–H and O–H groups in total. The van der Waals surface area contributed by atoms with Gasteiger partial charge in [0.15, 0.2) is 5.58 Å². The first-order valence-corrected chi connectivity index (χ1v) is 10.9. The maximum Gasteiger partial charge on any atom is 0.298 e. The molecule has 2 aliphatic rings. The molecule has 7 heteroatoms. The zero-order chi connectivity index (χ0) is 20.2. The fraction of sp³-hybridized carbons (Fsp3) is 0.636. The van der Waals surface area contributed by atoms with Gasteiger partial charge in [0.2, 0.25) is 5.91 Å². The number of anilines is 1. The molecule has 3 heterocycles. The van der Waals surface area contributed by atoms with Gasteiger partial charge in [0.25, 0.3) is 6.01 Å². The number of carbonyl (C=O) groups excluding carboxylic acids is 1. The van der Waals surface area contributed by atoms with E-state index in [9.17, 15) is 4.79 Å². The smallest absolute Gasteiger partial charge is 0.298 e. The standard InChI is InChI=1S/C22H33N5O2/c1-25(2)15-11-23-21(28)17-6-5-12-27(16-17)18-9-13-26(14-10-18)22-24-19-7-3-4-8-20(19)29-22/h3-4,7-8,17-18H,5-6,9-16H2,1-2H3,(H,23,28)/t17-/m0/s1. The maximum absolute atomic E-state index is 12.5. The topological polar surface area (TPSA) is 64.9 Å². The second kappa shape index (κ2) is 9.13. The Bertz CT molecular complexity index is 779. The van der Waals surface area contributed by atoms with Crippen molar-refractivity contribution in [2.45, 2.75) is 31.7 Å². The van der Waals surface area contributed by atoms with Gasteiger partial charge in [-0.05, 0) is 58.5 Å². The molecule has 2 aromatic rings. The normalized spacial score (nSPS) is 21.8. The molecule has 0 spiro atoms. The molecule has 7 nitrogen and oxygen atoms in total. The number of likely N-dealkylation sites (N-methyl/N-ethyl adjacent to an activating group) is 1. The quantitative estimate of drug-likeness (QED) is 0.803. The molecule has 0 bridgehead atoms. The molecule has 29 heavy (non-hydrogen) atoms. The van der Waals surface area contributed by atoms with E-state index in [0.29, 0.717) is 6.04 Å². The number of rotatable bonds is 6. The number of para-hydroxylation sites is 2. The molecular weight excluding hydrogens is 366 g/mol. The van der Waals surface area contributed by atoms with Crippen LogP contribution in [0.5, 0.6) is 0 Å². The first kappa shape index (κ1) is 20.2. The molecule has 2 saturated heterocycles. The molecular formula is C22H33N5O2. The zero-order valence-electron chi connectivity index (χ0n) is 17.6. The zero-order valence-corrected chi connectivity index (χ0v) is 17.6. The van der Waals surface area contributed by atoms with Crippen LogP contribution in [-0.4, -0.2) is 80.1 Å². The Kier molecular flexibility index (Phi) is 6.35. The van der Waals surface area contributed by atoms with Crippen LogP contribution < -0.4 is 10.2 Å². The van der Waals surface area contributed by atoms with Gasteiger partial charge < -0.3 is 19.5 Å². The van der Waals surface area contributed by atoms with E-state index in [0.717, 1.165) is 82.1 Å². The summed E-state index contributed by atoms with van der Waals surface area (Å²) in [5.74, 6) is 0.349. The van der Waals surface area contributed by atoms with Gasteiger partial charge in [-0.3, -0.25) is 9.69 Å². The Morgan fingerprint density at radius 1 is 1.21 bits per heavy atom. The average molecular weight is 400 g/mol. The van der Waals surface area contributed by atoms with Gasteiger partial charge in [0.05, 0.1) is 5.92 Å². The van der Waals surface area contributed by atoms with Crippen molar-refractivity contribution < 1.29 is 9.21 Å². The Labute approximate surface area is 173 Å². The molecule has 0 saturated carbocycles. The van der Waals surface area contributed by atoms with Gasteiger partial charge in [-0.15, -0.1) is 0 Å². The predicted molar refractivity (Wildman–Crippen MR) is 115 cm³/mol. The summed E-state index contributed by atoms with van der Waals surface area (Å²) in [7, 11) is 4.06. The second-order valence-electron chi connectivity index (χ2n) is 8.61. The molecule has 0 unspecified atom stereocenters. The summed E-state index contributed by atoms with van der Waals surface area (Å²) in [6.45, 7) is 5.51. The molecule has 1 atom stereocenters. The number of benzene rings is 1. The summed E-state index contributed by atoms with van der Waals surface area (Å²) in [5.41, 5.74) is 1.77. The van der Waals surface area contributed by atoms with Gasteiger partial charge in [0.1, 0.15) is 5.52 Å². The number of fused-ring (bicyclic) bond motifs is 1. The predicted octanol–water partition coefficient (Wildman–Crippen LogP) is 2.19. The molecule has 2 aliphatic heterocycles. The van der Waals surface area contributed by atoms with Crippen molar-refractivity contribution in [3.63, 3.8) is 0 Å². The van der Waals surface area contributed by atoms with Crippen LogP contribution in [0.3, 0.4) is 0 Å². The van der Waals surface area contributed by atoms with E-state index < -0.39 is 0 Å². The summed E-state index contributed by atoms with van der Waals surface area (Å²) in [6.07, 6.45) is 4.30. The van der Waals surface area contributed by atoms with Crippen molar-refractivity contribution in [2.24, 2.45) is 5.92 Å². The Morgan fingerprint density at radius 2 is 2.00 bits per heavy atom. The van der Waals surface area contributed by atoms with E-state index >= 15 is 0 Å². The highest BCUT2D eigenvalue weighted by Gasteiger charge is 2.32. The third kappa shape index (κ3) is 4.90. The monoisotopic (exact) mass is 399 g/mol. The van der Waals surface area contributed by atoms with Crippen molar-refractivity contribution in [3.05, 3.63) is 24.3 Å². The van der Waals surface area contributed by atoms with E-state index in [1.807, 2.05) is 38.4 Å². The lowest BCUT2D eigenvalue weighted by atomic mass is 9.93. The number of oxazole rings is 1. The van der Waals surface area contributed by atoms with Gasteiger partial charge in [-0.25, -0.2) is 0 Å². The third-order valence-electron chi connectivity index (χ3n) is 6.22. The largest absolute Gasteiger partial charge is 0.423 e. The van der Waals surface area contributed by atoms with Gasteiger partial charge >= 0.3 is 0 Å². The van der Waals surface area contributed by atoms with Gasteiger partial charge in [-0.2, -0.15) is 4.98 Å².